The highest BCUT2D eigenvalue weighted by atomic mass is 79.9. The Balaban J connectivity index is 2.48. The number of ether oxygens (including phenoxy) is 1. The molecule has 0 aromatic heterocycles. The number of halogens is 2. The molecule has 0 saturated heterocycles. The molecule has 0 radical (unpaired) electrons. The highest BCUT2D eigenvalue weighted by molar-refractivity contribution is 9.10. The molecule has 22 heavy (non-hydrogen) atoms. The minimum absolute atomic E-state index is 0.0419. The van der Waals surface area contributed by atoms with Gasteiger partial charge in [-0.3, -0.25) is 0 Å². The third-order valence-electron chi connectivity index (χ3n) is 2.92. The summed E-state index contributed by atoms with van der Waals surface area (Å²) in [6.45, 7) is 2.27. The van der Waals surface area contributed by atoms with Crippen LogP contribution < -0.4 is 4.74 Å². The van der Waals surface area contributed by atoms with Crippen molar-refractivity contribution < 1.29 is 9.84 Å². The van der Waals surface area contributed by atoms with Crippen molar-refractivity contribution >= 4 is 39.2 Å². The predicted octanol–water partition coefficient (Wildman–Crippen LogP) is 5.27. The number of nitriles is 1. The van der Waals surface area contributed by atoms with E-state index in [1.807, 2.05) is 13.0 Å². The molecule has 5 heteroatoms. The van der Waals surface area contributed by atoms with E-state index in [0.29, 0.717) is 27.4 Å². The van der Waals surface area contributed by atoms with Crippen LogP contribution in [0.1, 0.15) is 18.1 Å². The minimum Gasteiger partial charge on any atom is -0.503 e. The summed E-state index contributed by atoms with van der Waals surface area (Å²) in [7, 11) is 0. The minimum atomic E-state index is 0.0419. The zero-order valence-corrected chi connectivity index (χ0v) is 14.1. The fourth-order valence-electron chi connectivity index (χ4n) is 1.95. The lowest BCUT2D eigenvalue weighted by Gasteiger charge is -2.09. The standard InChI is InChI=1S/C17H13BrClNO2/c1-2-22-16-8-11(7-15(18)17(16)21)6-13(10-20)12-4-3-5-14(19)9-12/h3-9,21H,2H2,1H3/b13-6-. The summed E-state index contributed by atoms with van der Waals surface area (Å²) in [4.78, 5) is 0. The quantitative estimate of drug-likeness (QED) is 0.582. The number of rotatable bonds is 4. The summed E-state index contributed by atoms with van der Waals surface area (Å²) in [5, 5.41) is 19.9. The number of hydrogen-bond acceptors (Lipinski definition) is 3. The maximum atomic E-state index is 9.92. The van der Waals surface area contributed by atoms with Gasteiger partial charge < -0.3 is 9.84 Å². The van der Waals surface area contributed by atoms with E-state index in [-0.39, 0.29) is 5.75 Å². The average molecular weight is 379 g/mol. The molecule has 112 valence electrons. The molecule has 2 aromatic rings. The molecule has 1 N–H and O–H groups in total. The van der Waals surface area contributed by atoms with E-state index in [0.717, 1.165) is 11.1 Å². The maximum absolute atomic E-state index is 9.92. The molecule has 0 heterocycles. The maximum Gasteiger partial charge on any atom is 0.172 e. The van der Waals surface area contributed by atoms with Gasteiger partial charge in [0, 0.05) is 5.02 Å². The second-order valence-electron chi connectivity index (χ2n) is 4.46. The van der Waals surface area contributed by atoms with Crippen LogP contribution in [0, 0.1) is 11.3 Å². The van der Waals surface area contributed by atoms with Crippen molar-refractivity contribution in [2.45, 2.75) is 6.92 Å². The van der Waals surface area contributed by atoms with Gasteiger partial charge in [-0.2, -0.15) is 5.26 Å². The largest absolute Gasteiger partial charge is 0.503 e. The third kappa shape index (κ3) is 3.82. The molecule has 0 bridgehead atoms. The first-order valence-corrected chi connectivity index (χ1v) is 7.75. The van der Waals surface area contributed by atoms with E-state index >= 15 is 0 Å². The van der Waals surface area contributed by atoms with E-state index in [9.17, 15) is 10.4 Å². The van der Waals surface area contributed by atoms with Crippen molar-refractivity contribution in [2.75, 3.05) is 6.61 Å². The fraction of sp³-hybridized carbons (Fsp3) is 0.118. The molecule has 0 spiro atoms. The van der Waals surface area contributed by atoms with Crippen LogP contribution in [0.4, 0.5) is 0 Å². The summed E-state index contributed by atoms with van der Waals surface area (Å²) in [6, 6.07) is 12.7. The molecule has 0 atom stereocenters. The van der Waals surface area contributed by atoms with Gasteiger partial charge in [0.1, 0.15) is 0 Å². The van der Waals surface area contributed by atoms with E-state index in [1.54, 1.807) is 36.4 Å². The smallest absolute Gasteiger partial charge is 0.172 e. The van der Waals surface area contributed by atoms with Crippen LogP contribution >= 0.6 is 27.5 Å². The van der Waals surface area contributed by atoms with Crippen LogP contribution in [0.25, 0.3) is 11.6 Å². The van der Waals surface area contributed by atoms with Gasteiger partial charge in [-0.05, 0) is 64.3 Å². The highest BCUT2D eigenvalue weighted by Gasteiger charge is 2.09. The molecule has 2 aromatic carbocycles. The topological polar surface area (TPSA) is 53.2 Å². The lowest BCUT2D eigenvalue weighted by molar-refractivity contribution is 0.317. The Morgan fingerprint density at radius 2 is 2.18 bits per heavy atom. The first kappa shape index (κ1) is 16.4. The Labute approximate surface area is 142 Å². The van der Waals surface area contributed by atoms with Gasteiger partial charge in [-0.25, -0.2) is 0 Å². The van der Waals surface area contributed by atoms with Gasteiger partial charge in [0.05, 0.1) is 22.7 Å². The Morgan fingerprint density at radius 1 is 1.41 bits per heavy atom. The van der Waals surface area contributed by atoms with Gasteiger partial charge in [-0.15, -0.1) is 0 Å². The number of benzene rings is 2. The van der Waals surface area contributed by atoms with Gasteiger partial charge >= 0.3 is 0 Å². The lowest BCUT2D eigenvalue weighted by atomic mass is 10.0. The Hall–Kier alpha value is -1.96. The molecule has 0 unspecified atom stereocenters. The summed E-state index contributed by atoms with van der Waals surface area (Å²) < 4.78 is 5.89. The van der Waals surface area contributed by atoms with Crippen molar-refractivity contribution in [1.82, 2.24) is 0 Å². The van der Waals surface area contributed by atoms with Crippen molar-refractivity contribution in [1.29, 1.82) is 5.26 Å². The number of allylic oxidation sites excluding steroid dienone is 1. The van der Waals surface area contributed by atoms with Crippen molar-refractivity contribution in [2.24, 2.45) is 0 Å². The van der Waals surface area contributed by atoms with Crippen molar-refractivity contribution in [3.05, 3.63) is 57.0 Å². The third-order valence-corrected chi connectivity index (χ3v) is 3.76. The average Bonchev–Trinajstić information content (AvgIpc) is 2.50. The summed E-state index contributed by atoms with van der Waals surface area (Å²) >= 11 is 9.25. The van der Waals surface area contributed by atoms with E-state index in [4.69, 9.17) is 16.3 Å². The number of phenols is 1. The van der Waals surface area contributed by atoms with Gasteiger partial charge in [-0.1, -0.05) is 23.7 Å². The number of aromatic hydroxyl groups is 1. The van der Waals surface area contributed by atoms with E-state index < -0.39 is 0 Å². The van der Waals surface area contributed by atoms with Crippen LogP contribution in [0.3, 0.4) is 0 Å². The Bertz CT molecular complexity index is 766. The number of hydrogen-bond donors (Lipinski definition) is 1. The lowest BCUT2D eigenvalue weighted by Crippen LogP contribution is -1.93. The van der Waals surface area contributed by atoms with Crippen LogP contribution in [0.15, 0.2) is 40.9 Å². The monoisotopic (exact) mass is 377 g/mol. The number of nitrogens with zero attached hydrogens (tertiary/aromatic N) is 1. The zero-order chi connectivity index (χ0) is 16.1. The van der Waals surface area contributed by atoms with Crippen LogP contribution in [-0.2, 0) is 0 Å². The molecule has 0 aliphatic carbocycles. The Morgan fingerprint density at radius 3 is 2.82 bits per heavy atom. The molecule has 0 aliphatic heterocycles. The zero-order valence-electron chi connectivity index (χ0n) is 11.8. The normalized spacial score (nSPS) is 11.1. The SMILES string of the molecule is CCOc1cc(/C=C(/C#N)c2cccc(Cl)c2)cc(Br)c1O. The predicted molar refractivity (Wildman–Crippen MR) is 91.9 cm³/mol. The molecule has 0 aliphatic rings. The van der Waals surface area contributed by atoms with Gasteiger partial charge in [0.15, 0.2) is 11.5 Å². The molecule has 3 nitrogen and oxygen atoms in total. The molecule has 0 saturated carbocycles. The van der Waals surface area contributed by atoms with E-state index in [1.165, 1.54) is 0 Å². The second-order valence-corrected chi connectivity index (χ2v) is 5.75. The molecule has 0 amide bonds. The molecular formula is C17H13BrClNO2. The molecular weight excluding hydrogens is 366 g/mol. The van der Waals surface area contributed by atoms with Crippen LogP contribution in [0.2, 0.25) is 5.02 Å². The van der Waals surface area contributed by atoms with Crippen LogP contribution in [0.5, 0.6) is 11.5 Å². The first-order chi connectivity index (χ1) is 10.5. The summed E-state index contributed by atoms with van der Waals surface area (Å²) in [6.07, 6.45) is 1.72. The van der Waals surface area contributed by atoms with Crippen molar-refractivity contribution in [3.63, 3.8) is 0 Å². The van der Waals surface area contributed by atoms with E-state index in [2.05, 4.69) is 22.0 Å². The van der Waals surface area contributed by atoms with Gasteiger partial charge in [0.2, 0.25) is 0 Å². The Kier molecular flexibility index (Phi) is 5.48. The fourth-order valence-corrected chi connectivity index (χ4v) is 2.60. The number of phenolic OH excluding ortho intramolecular Hbond substituents is 1. The van der Waals surface area contributed by atoms with Crippen LogP contribution in [-0.4, -0.2) is 11.7 Å². The van der Waals surface area contributed by atoms with Crippen molar-refractivity contribution in [3.8, 4) is 17.6 Å². The van der Waals surface area contributed by atoms with Gasteiger partial charge in [0.25, 0.3) is 0 Å². The summed E-state index contributed by atoms with van der Waals surface area (Å²) in [5.74, 6) is 0.409. The highest BCUT2D eigenvalue weighted by Crippen LogP contribution is 2.36. The summed E-state index contributed by atoms with van der Waals surface area (Å²) in [5.41, 5.74) is 1.95. The molecule has 2 rings (SSSR count). The molecule has 0 fully saturated rings. The second kappa shape index (κ2) is 7.35. The first-order valence-electron chi connectivity index (χ1n) is 6.58.